The van der Waals surface area contributed by atoms with Crippen molar-refractivity contribution < 1.29 is 9.53 Å². The molecule has 2 nitrogen and oxygen atoms in total. The minimum Gasteiger partial charge on any atom is -0.490 e. The quantitative estimate of drug-likeness (QED) is 0.592. The van der Waals surface area contributed by atoms with Crippen LogP contribution in [0.4, 0.5) is 0 Å². The summed E-state index contributed by atoms with van der Waals surface area (Å²) >= 11 is 11.4. The Labute approximate surface area is 106 Å². The Morgan fingerprint density at radius 2 is 2.12 bits per heavy atom. The van der Waals surface area contributed by atoms with Crippen molar-refractivity contribution in [3.8, 4) is 5.75 Å². The van der Waals surface area contributed by atoms with Gasteiger partial charge in [0.15, 0.2) is 5.78 Å². The van der Waals surface area contributed by atoms with Gasteiger partial charge >= 0.3 is 0 Å². The van der Waals surface area contributed by atoms with Crippen LogP contribution in [0.3, 0.4) is 0 Å². The zero-order valence-corrected chi connectivity index (χ0v) is 10.8. The standard InChI is InChI=1S/C12H14Cl2O2/c1-8(2)16-12-4-3-9(14)7-10(12)11(15)5-6-13/h3-4,7-8H,5-6H2,1-2H3. The summed E-state index contributed by atoms with van der Waals surface area (Å²) in [5.74, 6) is 0.814. The van der Waals surface area contributed by atoms with Crippen LogP contribution in [0.1, 0.15) is 30.6 Å². The fraction of sp³-hybridized carbons (Fsp3) is 0.417. The molecule has 0 bridgehead atoms. The number of Topliss-reactive ketones (excluding diaryl/α,β-unsaturated/α-hetero) is 1. The molecule has 0 saturated carbocycles. The topological polar surface area (TPSA) is 26.3 Å². The maximum atomic E-state index is 11.8. The number of alkyl halides is 1. The third-order valence-corrected chi connectivity index (χ3v) is 2.35. The molecule has 16 heavy (non-hydrogen) atoms. The van der Waals surface area contributed by atoms with Crippen molar-refractivity contribution >= 4 is 29.0 Å². The van der Waals surface area contributed by atoms with E-state index < -0.39 is 0 Å². The number of carbonyl (C=O) groups excluding carboxylic acids is 1. The molecule has 0 saturated heterocycles. The van der Waals surface area contributed by atoms with Crippen LogP contribution in [0.15, 0.2) is 18.2 Å². The van der Waals surface area contributed by atoms with Gasteiger partial charge in [-0.1, -0.05) is 11.6 Å². The number of ether oxygens (including phenoxy) is 1. The van der Waals surface area contributed by atoms with E-state index in [-0.39, 0.29) is 18.3 Å². The molecule has 0 N–H and O–H groups in total. The van der Waals surface area contributed by atoms with E-state index >= 15 is 0 Å². The molecule has 0 amide bonds. The van der Waals surface area contributed by atoms with Crippen LogP contribution in [0.5, 0.6) is 5.75 Å². The third kappa shape index (κ3) is 3.69. The highest BCUT2D eigenvalue weighted by atomic mass is 35.5. The first-order valence-electron chi connectivity index (χ1n) is 5.10. The normalized spacial score (nSPS) is 10.6. The highest BCUT2D eigenvalue weighted by Gasteiger charge is 2.13. The van der Waals surface area contributed by atoms with Gasteiger partial charge in [-0.2, -0.15) is 0 Å². The van der Waals surface area contributed by atoms with Crippen LogP contribution in [-0.4, -0.2) is 17.8 Å². The monoisotopic (exact) mass is 260 g/mol. The first kappa shape index (κ1) is 13.3. The van der Waals surface area contributed by atoms with E-state index in [0.717, 1.165) is 0 Å². The van der Waals surface area contributed by atoms with Gasteiger partial charge in [-0.3, -0.25) is 4.79 Å². The zero-order valence-electron chi connectivity index (χ0n) is 9.30. The lowest BCUT2D eigenvalue weighted by molar-refractivity contribution is 0.0983. The van der Waals surface area contributed by atoms with Crippen molar-refractivity contribution in [2.75, 3.05) is 5.88 Å². The molecule has 88 valence electrons. The molecular weight excluding hydrogens is 247 g/mol. The number of carbonyl (C=O) groups is 1. The molecule has 0 spiro atoms. The maximum absolute atomic E-state index is 11.8. The van der Waals surface area contributed by atoms with E-state index in [1.54, 1.807) is 18.2 Å². The van der Waals surface area contributed by atoms with E-state index in [0.29, 0.717) is 22.2 Å². The fourth-order valence-corrected chi connectivity index (χ4v) is 1.64. The first-order chi connectivity index (χ1) is 7.54. The van der Waals surface area contributed by atoms with Crippen LogP contribution in [-0.2, 0) is 0 Å². The summed E-state index contributed by atoms with van der Waals surface area (Å²) < 4.78 is 5.55. The Morgan fingerprint density at radius 3 is 2.69 bits per heavy atom. The lowest BCUT2D eigenvalue weighted by atomic mass is 10.1. The summed E-state index contributed by atoms with van der Waals surface area (Å²) in [7, 11) is 0. The van der Waals surface area contributed by atoms with Gasteiger partial charge in [0.1, 0.15) is 5.75 Å². The molecule has 0 unspecified atom stereocenters. The average Bonchev–Trinajstić information content (AvgIpc) is 2.20. The first-order valence-corrected chi connectivity index (χ1v) is 6.01. The van der Waals surface area contributed by atoms with Crippen molar-refractivity contribution in [3.05, 3.63) is 28.8 Å². The summed E-state index contributed by atoms with van der Waals surface area (Å²) in [5, 5.41) is 0.522. The Hall–Kier alpha value is -0.730. The highest BCUT2D eigenvalue weighted by molar-refractivity contribution is 6.31. The molecule has 0 fully saturated rings. The van der Waals surface area contributed by atoms with Crippen LogP contribution in [0, 0.1) is 0 Å². The number of hydrogen-bond donors (Lipinski definition) is 0. The van der Waals surface area contributed by atoms with Crippen molar-refractivity contribution in [1.82, 2.24) is 0 Å². The SMILES string of the molecule is CC(C)Oc1ccc(Cl)cc1C(=O)CCCl. The predicted octanol–water partition coefficient (Wildman–Crippen LogP) is 3.94. The van der Waals surface area contributed by atoms with E-state index in [1.165, 1.54) is 0 Å². The minimum absolute atomic E-state index is 0.0173. The molecule has 0 atom stereocenters. The second-order valence-corrected chi connectivity index (χ2v) is 4.48. The highest BCUT2D eigenvalue weighted by Crippen LogP contribution is 2.25. The Bertz CT molecular complexity index is 375. The van der Waals surface area contributed by atoms with Gasteiger partial charge in [0.05, 0.1) is 11.7 Å². The number of benzene rings is 1. The van der Waals surface area contributed by atoms with Crippen molar-refractivity contribution in [3.63, 3.8) is 0 Å². The number of rotatable bonds is 5. The molecule has 1 aromatic rings. The van der Waals surface area contributed by atoms with Gasteiger partial charge in [-0.25, -0.2) is 0 Å². The summed E-state index contributed by atoms with van der Waals surface area (Å²) in [5.41, 5.74) is 0.502. The van der Waals surface area contributed by atoms with Gasteiger partial charge in [0, 0.05) is 17.3 Å². The Balaban J connectivity index is 3.02. The van der Waals surface area contributed by atoms with Crippen molar-refractivity contribution in [2.45, 2.75) is 26.4 Å². The van der Waals surface area contributed by atoms with Crippen LogP contribution < -0.4 is 4.74 Å². The molecule has 1 aromatic carbocycles. The predicted molar refractivity (Wildman–Crippen MR) is 66.9 cm³/mol. The molecule has 0 aliphatic carbocycles. The van der Waals surface area contributed by atoms with Crippen LogP contribution in [0.2, 0.25) is 5.02 Å². The fourth-order valence-electron chi connectivity index (χ4n) is 1.30. The van der Waals surface area contributed by atoms with E-state index in [4.69, 9.17) is 27.9 Å². The lowest BCUT2D eigenvalue weighted by Gasteiger charge is -2.13. The van der Waals surface area contributed by atoms with Gasteiger partial charge in [-0.15, -0.1) is 11.6 Å². The van der Waals surface area contributed by atoms with Gasteiger partial charge < -0.3 is 4.74 Å². The van der Waals surface area contributed by atoms with Crippen molar-refractivity contribution in [2.24, 2.45) is 0 Å². The molecule has 0 heterocycles. The molecule has 1 rings (SSSR count). The van der Waals surface area contributed by atoms with Gasteiger partial charge in [0.25, 0.3) is 0 Å². The lowest BCUT2D eigenvalue weighted by Crippen LogP contribution is -2.10. The Morgan fingerprint density at radius 1 is 1.44 bits per heavy atom. The molecule has 0 aliphatic heterocycles. The molecule has 0 aromatic heterocycles. The number of halogens is 2. The van der Waals surface area contributed by atoms with Crippen LogP contribution >= 0.6 is 23.2 Å². The number of ketones is 1. The van der Waals surface area contributed by atoms with Crippen molar-refractivity contribution in [1.29, 1.82) is 0 Å². The minimum atomic E-state index is -0.0480. The second-order valence-electron chi connectivity index (χ2n) is 3.67. The van der Waals surface area contributed by atoms with Gasteiger partial charge in [-0.05, 0) is 32.0 Å². The third-order valence-electron chi connectivity index (χ3n) is 1.93. The summed E-state index contributed by atoms with van der Waals surface area (Å²) in [6.45, 7) is 3.81. The molecule has 0 radical (unpaired) electrons. The van der Waals surface area contributed by atoms with Gasteiger partial charge in [0.2, 0.25) is 0 Å². The van der Waals surface area contributed by atoms with E-state index in [9.17, 15) is 4.79 Å². The molecule has 0 aliphatic rings. The smallest absolute Gasteiger partial charge is 0.167 e. The van der Waals surface area contributed by atoms with E-state index in [1.807, 2.05) is 13.8 Å². The Kier molecular flexibility index (Phi) is 5.10. The second kappa shape index (κ2) is 6.12. The summed E-state index contributed by atoms with van der Waals surface area (Å²) in [6.07, 6.45) is 0.305. The average molecular weight is 261 g/mol. The molecule has 4 heteroatoms. The summed E-state index contributed by atoms with van der Waals surface area (Å²) in [4.78, 5) is 11.8. The maximum Gasteiger partial charge on any atom is 0.167 e. The summed E-state index contributed by atoms with van der Waals surface area (Å²) in [6, 6.07) is 5.04. The van der Waals surface area contributed by atoms with Crippen LogP contribution in [0.25, 0.3) is 0 Å². The molecular formula is C12H14Cl2O2. The number of hydrogen-bond acceptors (Lipinski definition) is 2. The zero-order chi connectivity index (χ0) is 12.1. The largest absolute Gasteiger partial charge is 0.490 e. The van der Waals surface area contributed by atoms with E-state index in [2.05, 4.69) is 0 Å².